The van der Waals surface area contributed by atoms with Crippen molar-refractivity contribution in [2.45, 2.75) is 12.4 Å². The molecular weight excluding hydrogens is 414 g/mol. The molecule has 0 aromatic rings. The average Bonchev–Trinajstić information content (AvgIpc) is 2.32. The number of halogens is 9. The summed E-state index contributed by atoms with van der Waals surface area (Å²) >= 11 is 0. The van der Waals surface area contributed by atoms with Crippen molar-refractivity contribution in [2.24, 2.45) is 13.5 Å². The van der Waals surface area contributed by atoms with Crippen molar-refractivity contribution in [1.82, 2.24) is 0 Å². The Bertz CT molecular complexity index is 590. The first-order valence-electron chi connectivity index (χ1n) is 5.08. The Labute approximate surface area is 123 Å². The maximum absolute atomic E-state index is 14.0. The molecule has 0 aliphatic carbocycles. The molecule has 18 heteroatoms. The van der Waals surface area contributed by atoms with Gasteiger partial charge in [0.05, 0.1) is 0 Å². The highest BCUT2D eigenvalue weighted by Gasteiger charge is 2.44. The first-order chi connectivity index (χ1) is 10.1. The van der Waals surface area contributed by atoms with E-state index in [9.17, 15) is 38.9 Å². The van der Waals surface area contributed by atoms with Crippen molar-refractivity contribution >= 4 is 23.2 Å². The molecule has 3 atom stereocenters. The van der Waals surface area contributed by atoms with Crippen molar-refractivity contribution < 1.29 is 52.5 Å². The van der Waals surface area contributed by atoms with Gasteiger partial charge in [0.2, 0.25) is 0 Å². The van der Waals surface area contributed by atoms with E-state index in [2.05, 4.69) is 27.1 Å². The zero-order valence-corrected chi connectivity index (χ0v) is 13.4. The number of hydrogen-bond acceptors (Lipinski definition) is 6. The van der Waals surface area contributed by atoms with E-state index >= 15 is 0 Å². The van der Waals surface area contributed by atoms with Crippen LogP contribution in [-0.4, -0.2) is 32.7 Å². The van der Waals surface area contributed by atoms with Gasteiger partial charge in [0.25, 0.3) is 0 Å². The van der Waals surface area contributed by atoms with Crippen molar-refractivity contribution in [3.05, 3.63) is 0 Å². The molecule has 138 valence electrons. The Morgan fingerprint density at radius 1 is 0.696 bits per heavy atom. The summed E-state index contributed by atoms with van der Waals surface area (Å²) in [6, 6.07) is 0. The second-order valence-electron chi connectivity index (χ2n) is 3.65. The summed E-state index contributed by atoms with van der Waals surface area (Å²) in [7, 11) is -16.0. The smallest absolute Gasteiger partial charge is 0.306 e. The Morgan fingerprint density at radius 3 is 1.30 bits per heavy atom. The fourth-order valence-corrected chi connectivity index (χ4v) is 7.64. The zero-order chi connectivity index (χ0) is 18.2. The van der Waals surface area contributed by atoms with Gasteiger partial charge in [-0.05, 0) is 0 Å². The molecule has 0 saturated heterocycles. The van der Waals surface area contributed by atoms with E-state index in [-0.39, 0.29) is 0 Å². The summed E-state index contributed by atoms with van der Waals surface area (Å²) in [4.78, 5) is 0. The van der Waals surface area contributed by atoms with Crippen LogP contribution in [0, 0.1) is 0 Å². The molecule has 0 aromatic heterocycles. The summed E-state index contributed by atoms with van der Waals surface area (Å²) in [5, 5.41) is 0. The monoisotopic (exact) mass is 421 g/mol. The van der Waals surface area contributed by atoms with Gasteiger partial charge >= 0.3 is 35.6 Å². The molecule has 3 unspecified atom stereocenters. The van der Waals surface area contributed by atoms with Gasteiger partial charge in [0.15, 0.2) is 13.2 Å². The normalized spacial score (nSPS) is 35.2. The van der Waals surface area contributed by atoms with E-state index < -0.39 is 48.8 Å². The van der Waals surface area contributed by atoms with Crippen LogP contribution < -0.4 is 0 Å². The SMILES string of the molecule is COP1(F)=NP(F)(OCC(F)(F)F)=NP(F)(OCC(F)(F)F)=N1. The molecule has 1 aliphatic heterocycles. The van der Waals surface area contributed by atoms with E-state index in [0.717, 1.165) is 0 Å². The van der Waals surface area contributed by atoms with Crippen LogP contribution in [0.3, 0.4) is 0 Å². The van der Waals surface area contributed by atoms with Crippen molar-refractivity contribution in [3.63, 3.8) is 0 Å². The minimum Gasteiger partial charge on any atom is -0.306 e. The van der Waals surface area contributed by atoms with Gasteiger partial charge in [-0.3, -0.25) is 9.05 Å². The van der Waals surface area contributed by atoms with E-state index in [1.54, 1.807) is 0 Å². The fraction of sp³-hybridized carbons (Fsp3) is 1.00. The predicted molar refractivity (Wildman–Crippen MR) is 62.4 cm³/mol. The lowest BCUT2D eigenvalue weighted by molar-refractivity contribution is -0.153. The second kappa shape index (κ2) is 6.68. The van der Waals surface area contributed by atoms with Gasteiger partial charge in [-0.1, -0.05) is 0 Å². The lowest BCUT2D eigenvalue weighted by Gasteiger charge is -2.23. The topological polar surface area (TPSA) is 64.8 Å². The van der Waals surface area contributed by atoms with E-state index in [4.69, 9.17) is 0 Å². The number of nitrogens with zero attached hydrogens (tertiary/aromatic N) is 3. The lowest BCUT2D eigenvalue weighted by Crippen LogP contribution is -2.16. The van der Waals surface area contributed by atoms with Gasteiger partial charge in [0, 0.05) is 7.11 Å². The molecule has 0 bridgehead atoms. The highest BCUT2D eigenvalue weighted by atomic mass is 31.3. The molecule has 0 aromatic carbocycles. The highest BCUT2D eigenvalue weighted by Crippen LogP contribution is 2.81. The van der Waals surface area contributed by atoms with Crippen LogP contribution in [0.5, 0.6) is 0 Å². The third-order valence-electron chi connectivity index (χ3n) is 1.68. The Morgan fingerprint density at radius 2 is 1.00 bits per heavy atom. The number of rotatable bonds is 5. The van der Waals surface area contributed by atoms with Crippen molar-refractivity contribution in [2.75, 3.05) is 20.3 Å². The van der Waals surface area contributed by atoms with E-state index in [1.165, 1.54) is 0 Å². The number of alkyl halides is 6. The lowest BCUT2D eigenvalue weighted by atomic mass is 10.7. The van der Waals surface area contributed by atoms with Crippen LogP contribution >= 0.6 is 23.2 Å². The van der Waals surface area contributed by atoms with E-state index in [1.807, 2.05) is 0 Å². The summed E-state index contributed by atoms with van der Waals surface area (Å²) in [5.74, 6) is 0. The largest absolute Gasteiger partial charge is 0.412 e. The van der Waals surface area contributed by atoms with Crippen molar-refractivity contribution in [1.29, 1.82) is 0 Å². The standard InChI is InChI=1S/C5H7F9N3O3P3/c1-18-21(12)15-22(13,19-2-4(6,7)8)17-23(14,16-21)20-3-5(9,10)11/h2-3H2,1H3. The fourth-order valence-electron chi connectivity index (χ4n) is 0.949. The van der Waals surface area contributed by atoms with Gasteiger partial charge in [-0.2, -0.15) is 38.9 Å². The minimum absolute atomic E-state index is 0.508. The highest BCUT2D eigenvalue weighted by molar-refractivity contribution is 7.77. The van der Waals surface area contributed by atoms with Crippen LogP contribution in [0.2, 0.25) is 0 Å². The third-order valence-corrected chi connectivity index (χ3v) is 8.35. The third kappa shape index (κ3) is 7.15. The molecule has 0 amide bonds. The van der Waals surface area contributed by atoms with Gasteiger partial charge in [-0.25, -0.2) is 0 Å². The van der Waals surface area contributed by atoms with Crippen LogP contribution in [0.15, 0.2) is 13.5 Å². The molecule has 1 aliphatic rings. The molecule has 6 nitrogen and oxygen atoms in total. The molecule has 23 heavy (non-hydrogen) atoms. The quantitative estimate of drug-likeness (QED) is 0.374. The summed E-state index contributed by atoms with van der Waals surface area (Å²) in [6.45, 7) is -4.65. The van der Waals surface area contributed by atoms with Gasteiger partial charge < -0.3 is 4.52 Å². The molecule has 0 spiro atoms. The van der Waals surface area contributed by atoms with Crippen LogP contribution in [-0.2, 0) is 13.6 Å². The van der Waals surface area contributed by atoms with Gasteiger partial charge in [0.1, 0.15) is 0 Å². The number of hydrogen-bond donors (Lipinski definition) is 0. The first kappa shape index (κ1) is 21.0. The summed E-state index contributed by atoms with van der Waals surface area (Å²) in [5.41, 5.74) is 0. The maximum Gasteiger partial charge on any atom is 0.412 e. The average molecular weight is 421 g/mol. The summed E-state index contributed by atoms with van der Waals surface area (Å²) < 4.78 is 132. The molecule has 1 heterocycles. The van der Waals surface area contributed by atoms with Crippen molar-refractivity contribution in [3.8, 4) is 0 Å². The summed E-state index contributed by atoms with van der Waals surface area (Å²) in [6.07, 6.45) is -10.2. The molecule has 0 N–H and O–H groups in total. The molecule has 0 saturated carbocycles. The Hall–Kier alpha value is -0.0600. The predicted octanol–water partition coefficient (Wildman–Crippen LogP) is 6.55. The van der Waals surface area contributed by atoms with Crippen LogP contribution in [0.4, 0.5) is 38.9 Å². The van der Waals surface area contributed by atoms with Crippen LogP contribution in [0.25, 0.3) is 0 Å². The van der Waals surface area contributed by atoms with E-state index in [0.29, 0.717) is 7.11 Å². The molecule has 1 rings (SSSR count). The van der Waals surface area contributed by atoms with Crippen LogP contribution in [0.1, 0.15) is 0 Å². The second-order valence-corrected chi connectivity index (χ2v) is 9.51. The Kier molecular flexibility index (Phi) is 6.10. The zero-order valence-electron chi connectivity index (χ0n) is 10.7. The minimum atomic E-state index is -5.63. The molecule has 0 radical (unpaired) electrons. The molecule has 0 fully saturated rings. The van der Waals surface area contributed by atoms with Gasteiger partial charge in [-0.15, -0.1) is 13.5 Å². The maximum atomic E-state index is 14.0. The Balaban J connectivity index is 3.23. The first-order valence-corrected chi connectivity index (χ1v) is 9.59. The molecular formula is C5H7F9N3O3P3.